The average molecular weight is 183 g/mol. The van der Waals surface area contributed by atoms with E-state index in [0.29, 0.717) is 17.8 Å². The monoisotopic (exact) mass is 183 g/mol. The highest BCUT2D eigenvalue weighted by molar-refractivity contribution is 4.95. The topological polar surface area (TPSA) is 84.9 Å². The van der Waals surface area contributed by atoms with Gasteiger partial charge in [-0.25, -0.2) is 4.79 Å². The van der Waals surface area contributed by atoms with Gasteiger partial charge in [0.15, 0.2) is 5.82 Å². The molecule has 13 heavy (non-hydrogen) atoms. The van der Waals surface area contributed by atoms with Gasteiger partial charge < -0.3 is 5.73 Å². The molecule has 0 aromatic carbocycles. The van der Waals surface area contributed by atoms with Crippen molar-refractivity contribution in [3.63, 3.8) is 0 Å². The van der Waals surface area contributed by atoms with Gasteiger partial charge in [0.2, 0.25) is 0 Å². The lowest BCUT2D eigenvalue weighted by molar-refractivity contribution is 0.351. The lowest BCUT2D eigenvalue weighted by Crippen LogP contribution is -2.26. The lowest BCUT2D eigenvalue weighted by Gasteiger charge is -2.23. The third-order valence-electron chi connectivity index (χ3n) is 2.62. The van der Waals surface area contributed by atoms with Crippen LogP contribution in [0.2, 0.25) is 0 Å². The molecule has 1 aromatic rings. The summed E-state index contributed by atoms with van der Waals surface area (Å²) < 4.78 is 4.45. The molecule has 1 saturated carbocycles. The van der Waals surface area contributed by atoms with E-state index in [2.05, 4.69) is 14.7 Å². The summed E-state index contributed by atoms with van der Waals surface area (Å²) in [5.74, 6) is 0.535. The maximum absolute atomic E-state index is 10.7. The lowest BCUT2D eigenvalue weighted by atomic mass is 9.86. The van der Waals surface area contributed by atoms with Crippen LogP contribution in [-0.4, -0.2) is 16.2 Å². The maximum Gasteiger partial charge on any atom is 0.438 e. The molecule has 5 nitrogen and oxygen atoms in total. The zero-order valence-electron chi connectivity index (χ0n) is 7.32. The van der Waals surface area contributed by atoms with E-state index in [9.17, 15) is 4.79 Å². The van der Waals surface area contributed by atoms with Crippen LogP contribution in [0.5, 0.6) is 0 Å². The van der Waals surface area contributed by atoms with Crippen molar-refractivity contribution in [3.05, 3.63) is 16.4 Å². The second kappa shape index (κ2) is 3.33. The number of hydrogen-bond donors (Lipinski definition) is 2. The van der Waals surface area contributed by atoms with E-state index in [1.807, 2.05) is 0 Å². The van der Waals surface area contributed by atoms with Crippen molar-refractivity contribution in [2.24, 2.45) is 5.73 Å². The van der Waals surface area contributed by atoms with E-state index in [4.69, 9.17) is 5.73 Å². The minimum atomic E-state index is -0.468. The van der Waals surface area contributed by atoms with Crippen molar-refractivity contribution in [2.75, 3.05) is 0 Å². The van der Waals surface area contributed by atoms with Gasteiger partial charge in [-0.3, -0.25) is 9.51 Å². The van der Waals surface area contributed by atoms with Crippen molar-refractivity contribution in [3.8, 4) is 0 Å². The van der Waals surface area contributed by atoms with Gasteiger partial charge in [-0.05, 0) is 25.7 Å². The van der Waals surface area contributed by atoms with Crippen molar-refractivity contribution in [1.29, 1.82) is 0 Å². The molecule has 0 aliphatic heterocycles. The summed E-state index contributed by atoms with van der Waals surface area (Å²) in [6, 6.07) is 0.315. The fraction of sp³-hybridized carbons (Fsp3) is 0.750. The first-order valence-electron chi connectivity index (χ1n) is 4.57. The van der Waals surface area contributed by atoms with Crippen molar-refractivity contribution in [2.45, 2.75) is 37.6 Å². The van der Waals surface area contributed by atoms with E-state index < -0.39 is 5.76 Å². The molecule has 0 atom stereocenters. The molecule has 3 N–H and O–H groups in total. The van der Waals surface area contributed by atoms with Crippen molar-refractivity contribution >= 4 is 0 Å². The van der Waals surface area contributed by atoms with E-state index in [-0.39, 0.29) is 0 Å². The fourth-order valence-electron chi connectivity index (χ4n) is 1.81. The number of nitrogens with zero attached hydrogens (tertiary/aromatic N) is 1. The predicted molar refractivity (Wildman–Crippen MR) is 46.3 cm³/mol. The van der Waals surface area contributed by atoms with Gasteiger partial charge in [-0.1, -0.05) is 5.16 Å². The largest absolute Gasteiger partial charge is 0.438 e. The minimum absolute atomic E-state index is 0.315. The maximum atomic E-state index is 10.7. The van der Waals surface area contributed by atoms with Crippen LogP contribution in [0.4, 0.5) is 0 Å². The van der Waals surface area contributed by atoms with Gasteiger partial charge >= 0.3 is 5.76 Å². The molecule has 0 spiro atoms. The fourth-order valence-corrected chi connectivity index (χ4v) is 1.81. The second-order valence-corrected chi connectivity index (χ2v) is 3.59. The molecule has 0 bridgehead atoms. The average Bonchev–Trinajstić information content (AvgIpc) is 2.53. The number of hydrogen-bond acceptors (Lipinski definition) is 4. The Hall–Kier alpha value is -1.10. The van der Waals surface area contributed by atoms with Crippen LogP contribution in [0.3, 0.4) is 0 Å². The van der Waals surface area contributed by atoms with E-state index >= 15 is 0 Å². The first-order chi connectivity index (χ1) is 6.25. The number of nitrogens with two attached hydrogens (primary N) is 1. The zero-order valence-corrected chi connectivity index (χ0v) is 7.32. The molecule has 5 heteroatoms. The predicted octanol–water partition coefficient (Wildman–Crippen LogP) is 0.348. The van der Waals surface area contributed by atoms with Crippen LogP contribution in [0, 0.1) is 0 Å². The first kappa shape index (κ1) is 8.50. The van der Waals surface area contributed by atoms with Crippen LogP contribution in [0.15, 0.2) is 9.32 Å². The minimum Gasteiger partial charge on any atom is -0.328 e. The molecule has 72 valence electrons. The molecule has 1 aliphatic carbocycles. The third kappa shape index (κ3) is 1.80. The highest BCUT2D eigenvalue weighted by Gasteiger charge is 2.22. The quantitative estimate of drug-likeness (QED) is 0.657. The molecule has 0 saturated heterocycles. The highest BCUT2D eigenvalue weighted by atomic mass is 16.5. The van der Waals surface area contributed by atoms with Gasteiger partial charge in [-0.15, -0.1) is 0 Å². The summed E-state index contributed by atoms with van der Waals surface area (Å²) in [4.78, 5) is 13.3. The molecule has 1 heterocycles. The Kier molecular flexibility index (Phi) is 2.18. The SMILES string of the molecule is N[C@H]1CC[C@H](c2noc(=O)[nH]2)CC1. The summed E-state index contributed by atoms with van der Waals surface area (Å²) in [7, 11) is 0. The molecular weight excluding hydrogens is 170 g/mol. The molecule has 0 radical (unpaired) electrons. The number of nitrogens with one attached hydrogen (secondary N) is 1. The van der Waals surface area contributed by atoms with E-state index in [0.717, 1.165) is 25.7 Å². The van der Waals surface area contributed by atoms with Crippen LogP contribution < -0.4 is 11.5 Å². The Morgan fingerprint density at radius 3 is 2.62 bits per heavy atom. The van der Waals surface area contributed by atoms with Crippen molar-refractivity contribution in [1.82, 2.24) is 10.1 Å². The van der Waals surface area contributed by atoms with Gasteiger partial charge in [0.25, 0.3) is 0 Å². The summed E-state index contributed by atoms with van der Waals surface area (Å²) in [6.45, 7) is 0. The van der Waals surface area contributed by atoms with Gasteiger partial charge in [0.05, 0.1) is 0 Å². The highest BCUT2D eigenvalue weighted by Crippen LogP contribution is 2.29. The van der Waals surface area contributed by atoms with Crippen LogP contribution in [0.25, 0.3) is 0 Å². The third-order valence-corrected chi connectivity index (χ3v) is 2.62. The summed E-state index contributed by atoms with van der Waals surface area (Å²) in [5, 5.41) is 3.68. The summed E-state index contributed by atoms with van der Waals surface area (Å²) in [6.07, 6.45) is 3.98. The second-order valence-electron chi connectivity index (χ2n) is 3.59. The van der Waals surface area contributed by atoms with Crippen LogP contribution in [0.1, 0.15) is 37.4 Å². The molecule has 1 fully saturated rings. The number of aromatic amines is 1. The van der Waals surface area contributed by atoms with E-state index in [1.165, 1.54) is 0 Å². The molecule has 0 amide bonds. The summed E-state index contributed by atoms with van der Waals surface area (Å²) in [5.41, 5.74) is 5.76. The van der Waals surface area contributed by atoms with Gasteiger partial charge in [0.1, 0.15) is 0 Å². The van der Waals surface area contributed by atoms with Gasteiger partial charge in [-0.2, -0.15) is 0 Å². The molecule has 1 aromatic heterocycles. The van der Waals surface area contributed by atoms with Crippen molar-refractivity contribution < 1.29 is 4.52 Å². The molecule has 2 rings (SSSR count). The smallest absolute Gasteiger partial charge is 0.328 e. The zero-order chi connectivity index (χ0) is 9.26. The van der Waals surface area contributed by atoms with E-state index in [1.54, 1.807) is 0 Å². The normalized spacial score (nSPS) is 29.0. The Bertz CT molecular complexity index is 322. The number of rotatable bonds is 1. The Balaban J connectivity index is 2.06. The Morgan fingerprint density at radius 2 is 2.08 bits per heavy atom. The summed E-state index contributed by atoms with van der Waals surface area (Å²) >= 11 is 0. The Morgan fingerprint density at radius 1 is 1.38 bits per heavy atom. The van der Waals surface area contributed by atoms with Crippen LogP contribution in [-0.2, 0) is 0 Å². The first-order valence-corrected chi connectivity index (χ1v) is 4.57. The molecule has 0 unspecified atom stereocenters. The number of H-pyrrole nitrogens is 1. The van der Waals surface area contributed by atoms with Crippen LogP contribution >= 0.6 is 0 Å². The molecular formula is C8H13N3O2. The number of aromatic nitrogens is 2. The Labute approximate surface area is 75.3 Å². The van der Waals surface area contributed by atoms with Gasteiger partial charge in [0, 0.05) is 12.0 Å². The molecule has 1 aliphatic rings. The standard InChI is InChI=1S/C8H13N3O2/c9-6-3-1-5(2-4-6)7-10-8(12)13-11-7/h5-6H,1-4,9H2,(H,10,11,12)/t5-,6-.